The van der Waals surface area contributed by atoms with Crippen LogP contribution in [0.4, 0.5) is 13.2 Å². The number of amides is 1. The average Bonchev–Trinajstić information content (AvgIpc) is 2.28. The highest BCUT2D eigenvalue weighted by atomic mass is 32.1. The van der Waals surface area contributed by atoms with Gasteiger partial charge >= 0.3 is 6.18 Å². The van der Waals surface area contributed by atoms with E-state index in [1.54, 1.807) is 0 Å². The van der Waals surface area contributed by atoms with Crippen molar-refractivity contribution in [2.75, 3.05) is 6.23 Å². The molecule has 0 atom stereocenters. The first-order chi connectivity index (χ1) is 8.36. The molecule has 3 radical (unpaired) electrons. The number of ether oxygens (including phenoxy) is 1. The van der Waals surface area contributed by atoms with E-state index in [0.717, 1.165) is 12.4 Å². The van der Waals surface area contributed by atoms with Gasteiger partial charge in [-0.2, -0.15) is 13.2 Å². The maximum absolute atomic E-state index is 12.6. The fraction of sp³-hybridized carbons (Fsp3) is 0.222. The molecule has 0 spiro atoms. The van der Waals surface area contributed by atoms with Gasteiger partial charge in [0.05, 0.1) is 27.6 Å². The third-order valence-corrected chi connectivity index (χ3v) is 2.15. The maximum Gasteiger partial charge on any atom is 0.417 e. The van der Waals surface area contributed by atoms with Crippen LogP contribution < -0.4 is 5.32 Å². The lowest BCUT2D eigenvalue weighted by Gasteiger charge is -2.12. The molecule has 0 aliphatic carbocycles. The van der Waals surface area contributed by atoms with Crippen molar-refractivity contribution in [2.24, 2.45) is 0 Å². The summed E-state index contributed by atoms with van der Waals surface area (Å²) in [5, 5.41) is 1.68. The highest BCUT2D eigenvalue weighted by Crippen LogP contribution is 2.31. The molecule has 4 nitrogen and oxygen atoms in total. The van der Waals surface area contributed by atoms with Gasteiger partial charge in [0.25, 0.3) is 11.1 Å². The molecule has 18 heavy (non-hydrogen) atoms. The maximum atomic E-state index is 12.6. The van der Waals surface area contributed by atoms with E-state index in [0.29, 0.717) is 6.07 Å². The van der Waals surface area contributed by atoms with Gasteiger partial charge in [0.2, 0.25) is 0 Å². The van der Waals surface area contributed by atoms with E-state index in [2.05, 4.69) is 32.2 Å². The first kappa shape index (κ1) is 14.6. The average molecular weight is 291 g/mol. The summed E-state index contributed by atoms with van der Waals surface area (Å²) in [5.74, 6) is -1.03. The predicted molar refractivity (Wildman–Crippen MR) is 61.0 cm³/mol. The predicted octanol–water partition coefficient (Wildman–Crippen LogP) is 1.26. The van der Waals surface area contributed by atoms with Crippen molar-refractivity contribution >= 4 is 33.5 Å². The number of thiocarbonyl (C=S) groups is 1. The van der Waals surface area contributed by atoms with E-state index >= 15 is 0 Å². The minimum absolute atomic E-state index is 0.0122. The van der Waals surface area contributed by atoms with Gasteiger partial charge in [-0.25, -0.2) is 0 Å². The lowest BCUT2D eigenvalue weighted by Crippen LogP contribution is -2.32. The second kappa shape index (κ2) is 5.91. The monoisotopic (exact) mass is 291 g/mol. The van der Waals surface area contributed by atoms with Crippen molar-refractivity contribution in [3.8, 4) is 0 Å². The van der Waals surface area contributed by atoms with Crippen LogP contribution >= 0.6 is 12.2 Å². The number of aromatic nitrogens is 1. The molecule has 0 aromatic carbocycles. The van der Waals surface area contributed by atoms with Crippen molar-refractivity contribution in [2.45, 2.75) is 6.18 Å². The van der Waals surface area contributed by atoms with E-state index in [1.807, 2.05) is 5.32 Å². The Morgan fingerprint density at radius 2 is 2.22 bits per heavy atom. The summed E-state index contributed by atoms with van der Waals surface area (Å²) < 4.78 is 42.5. The van der Waals surface area contributed by atoms with Crippen LogP contribution in [0.2, 0.25) is 0 Å². The van der Waals surface area contributed by atoms with Crippen LogP contribution in [0, 0.1) is 0 Å². The second-order valence-corrected chi connectivity index (χ2v) is 3.61. The zero-order valence-electron chi connectivity index (χ0n) is 8.75. The van der Waals surface area contributed by atoms with Gasteiger partial charge in [0.15, 0.2) is 0 Å². The number of hydrogen-bond acceptors (Lipinski definition) is 4. The summed E-state index contributed by atoms with van der Waals surface area (Å²) in [6.07, 6.45) is -2.87. The van der Waals surface area contributed by atoms with E-state index in [4.69, 9.17) is 0 Å². The summed E-state index contributed by atoms with van der Waals surface area (Å²) in [4.78, 5) is 15.0. The molecular formula is C9H6F3N2O2SSi. The number of carbonyl (C=O) groups is 1. The molecule has 95 valence electrons. The summed E-state index contributed by atoms with van der Waals surface area (Å²) in [7, 11) is 2.94. The van der Waals surface area contributed by atoms with Gasteiger partial charge in [0.1, 0.15) is 0 Å². The van der Waals surface area contributed by atoms with Crippen LogP contribution in [0.15, 0.2) is 18.5 Å². The van der Waals surface area contributed by atoms with E-state index in [1.165, 1.54) is 0 Å². The number of alkyl halides is 3. The third-order valence-electron chi connectivity index (χ3n) is 1.79. The topological polar surface area (TPSA) is 51.2 Å². The van der Waals surface area contributed by atoms with Gasteiger partial charge in [-0.15, -0.1) is 0 Å². The van der Waals surface area contributed by atoms with Crippen LogP contribution in [-0.2, 0) is 10.9 Å². The molecule has 1 rings (SSSR count). The lowest BCUT2D eigenvalue weighted by molar-refractivity contribution is -0.138. The molecular weight excluding hydrogens is 285 g/mol. The first-order valence-electron chi connectivity index (χ1n) is 4.50. The lowest BCUT2D eigenvalue weighted by atomic mass is 10.1. The quantitative estimate of drug-likeness (QED) is 0.658. The molecule has 0 unspecified atom stereocenters. The first-order valence-corrected chi connectivity index (χ1v) is 5.61. The Hall–Kier alpha value is -1.48. The van der Waals surface area contributed by atoms with Crippen molar-refractivity contribution in [1.82, 2.24) is 10.3 Å². The summed E-state index contributed by atoms with van der Waals surface area (Å²) in [6.45, 7) is 0. The fourth-order valence-electron chi connectivity index (χ4n) is 1.08. The second-order valence-electron chi connectivity index (χ2n) is 2.95. The Kier molecular flexibility index (Phi) is 4.79. The largest absolute Gasteiger partial charge is 0.475 e. The van der Waals surface area contributed by atoms with Crippen molar-refractivity contribution in [1.29, 1.82) is 0 Å². The molecule has 0 aliphatic rings. The van der Waals surface area contributed by atoms with Crippen molar-refractivity contribution < 1.29 is 22.7 Å². The molecule has 0 saturated heterocycles. The molecule has 0 fully saturated rings. The molecule has 1 amide bonds. The van der Waals surface area contributed by atoms with Crippen LogP contribution in [0.3, 0.4) is 0 Å². The van der Waals surface area contributed by atoms with E-state index < -0.39 is 23.2 Å². The van der Waals surface area contributed by atoms with Crippen LogP contribution in [-0.4, -0.2) is 32.5 Å². The molecule has 0 aliphatic heterocycles. The van der Waals surface area contributed by atoms with Gasteiger partial charge in [-0.3, -0.25) is 15.1 Å². The number of nitrogens with one attached hydrogen (secondary N) is 1. The van der Waals surface area contributed by atoms with Crippen molar-refractivity contribution in [3.05, 3.63) is 29.6 Å². The molecule has 9 heteroatoms. The molecule has 1 aromatic heterocycles. The van der Waals surface area contributed by atoms with Crippen LogP contribution in [0.25, 0.3) is 0 Å². The molecule has 1 heterocycles. The van der Waals surface area contributed by atoms with Gasteiger partial charge in [-0.05, 0) is 18.3 Å². The third kappa shape index (κ3) is 3.77. The highest BCUT2D eigenvalue weighted by Gasteiger charge is 2.35. The summed E-state index contributed by atoms with van der Waals surface area (Å²) >= 11 is 4.58. The Bertz CT molecular complexity index is 467. The minimum Gasteiger partial charge on any atom is -0.475 e. The standard InChI is InChI=1S/C9H6F3N2O2SSi/c10-9(11,12)6-1-2-13-3-5(6)7(15)14-8(17)16-4-18/h1-3H,4H2,(H,14,15,17). The van der Waals surface area contributed by atoms with Crippen LogP contribution in [0.1, 0.15) is 15.9 Å². The molecule has 1 N–H and O–H groups in total. The normalized spacial score (nSPS) is 10.9. The van der Waals surface area contributed by atoms with E-state index in [9.17, 15) is 18.0 Å². The van der Waals surface area contributed by atoms with Gasteiger partial charge in [-0.1, -0.05) is 0 Å². The summed E-state index contributed by atoms with van der Waals surface area (Å²) in [6, 6.07) is 0.711. The van der Waals surface area contributed by atoms with E-state index in [-0.39, 0.29) is 11.4 Å². The number of nitrogens with zero attached hydrogens (tertiary/aromatic N) is 1. The smallest absolute Gasteiger partial charge is 0.417 e. The number of carbonyl (C=O) groups excluding carboxylic acids is 1. The zero-order chi connectivity index (χ0) is 13.8. The van der Waals surface area contributed by atoms with Gasteiger partial charge < -0.3 is 4.74 Å². The Morgan fingerprint density at radius 3 is 2.78 bits per heavy atom. The number of rotatable bonds is 2. The Morgan fingerprint density at radius 1 is 1.56 bits per heavy atom. The number of pyridine rings is 1. The number of halogens is 3. The van der Waals surface area contributed by atoms with Gasteiger partial charge in [0, 0.05) is 12.4 Å². The Labute approximate surface area is 109 Å². The molecule has 1 aromatic rings. The fourth-order valence-corrected chi connectivity index (χ4v) is 1.48. The molecule has 0 saturated carbocycles. The molecule has 0 bridgehead atoms. The minimum atomic E-state index is -4.65. The van der Waals surface area contributed by atoms with Crippen molar-refractivity contribution in [3.63, 3.8) is 0 Å². The highest BCUT2D eigenvalue weighted by molar-refractivity contribution is 7.80. The Balaban J connectivity index is 2.96. The number of hydrogen-bond donors (Lipinski definition) is 1. The SMILES string of the molecule is O=C(NC(=S)OC[Si])c1cnccc1C(F)(F)F. The zero-order valence-corrected chi connectivity index (χ0v) is 10.6. The summed E-state index contributed by atoms with van der Waals surface area (Å²) in [5.41, 5.74) is -1.71. The van der Waals surface area contributed by atoms with Crippen LogP contribution in [0.5, 0.6) is 0 Å².